The molecule has 10 aromatic rings. The predicted molar refractivity (Wildman–Crippen MR) is 389 cm³/mol. The van der Waals surface area contributed by atoms with E-state index in [0.717, 1.165) is 34.5 Å². The largest absolute Gasteiger partial charge is 0.496 e. The van der Waals surface area contributed by atoms with Crippen molar-refractivity contribution < 1.29 is 47.7 Å². The summed E-state index contributed by atoms with van der Waals surface area (Å²) in [4.78, 5) is 95.3. The molecular formula is C76H74Cl4N10O10. The minimum absolute atomic E-state index is 0.0276. The van der Waals surface area contributed by atoms with Crippen molar-refractivity contribution in [2.75, 3.05) is 27.3 Å². The number of nitrogens with zero attached hydrogens (tertiary/aromatic N) is 8. The number of fused-ring (bicyclic) bond motifs is 2. The number of ether oxygens (including phenoxy) is 4. The molecule has 4 amide bonds. The van der Waals surface area contributed by atoms with E-state index >= 15 is 0 Å². The van der Waals surface area contributed by atoms with Crippen LogP contribution in [-0.4, -0.2) is 126 Å². The van der Waals surface area contributed by atoms with Crippen molar-refractivity contribution in [3.63, 3.8) is 0 Å². The molecular weight excluding hydrogens is 1350 g/mol. The zero-order valence-electron chi connectivity index (χ0n) is 56.8. The average molecular weight is 1430 g/mol. The first-order valence-electron chi connectivity index (χ1n) is 32.3. The second kappa shape index (κ2) is 29.9. The highest BCUT2D eigenvalue weighted by atomic mass is 35.5. The van der Waals surface area contributed by atoms with Crippen LogP contribution in [0.4, 0.5) is 9.59 Å². The molecule has 2 saturated heterocycles. The van der Waals surface area contributed by atoms with Crippen LogP contribution in [0, 0.1) is 0 Å². The summed E-state index contributed by atoms with van der Waals surface area (Å²) in [5.74, 6) is 1.02. The Hall–Kier alpha value is -9.86. The van der Waals surface area contributed by atoms with Gasteiger partial charge in [-0.15, -0.1) is 0 Å². The summed E-state index contributed by atoms with van der Waals surface area (Å²) in [5.41, 5.74) is 10.6. The monoisotopic (exact) mass is 1430 g/mol. The molecule has 12 rings (SSSR count). The van der Waals surface area contributed by atoms with E-state index in [2.05, 4.69) is 20.6 Å². The van der Waals surface area contributed by atoms with E-state index in [4.69, 9.17) is 75.3 Å². The molecule has 4 aromatic carbocycles. The first-order chi connectivity index (χ1) is 47.7. The molecule has 0 aliphatic carbocycles. The van der Waals surface area contributed by atoms with Crippen LogP contribution in [0.25, 0.3) is 89.4 Å². The van der Waals surface area contributed by atoms with Gasteiger partial charge in [-0.2, -0.15) is 0 Å². The number of benzene rings is 4. The van der Waals surface area contributed by atoms with Crippen LogP contribution in [-0.2, 0) is 46.2 Å². The molecule has 2 aliphatic heterocycles. The van der Waals surface area contributed by atoms with Gasteiger partial charge in [0.15, 0.2) is 12.6 Å². The zero-order chi connectivity index (χ0) is 71.5. The van der Waals surface area contributed by atoms with E-state index in [-0.39, 0.29) is 37.0 Å². The van der Waals surface area contributed by atoms with Crippen LogP contribution >= 0.6 is 46.4 Å². The van der Waals surface area contributed by atoms with Crippen molar-refractivity contribution in [2.24, 2.45) is 14.1 Å². The molecule has 0 radical (unpaired) electrons. The van der Waals surface area contributed by atoms with Gasteiger partial charge in [0.25, 0.3) is 0 Å². The average Bonchev–Trinajstić information content (AvgIpc) is 1.37. The van der Waals surface area contributed by atoms with E-state index in [1.54, 1.807) is 48.8 Å². The van der Waals surface area contributed by atoms with Crippen molar-refractivity contribution in [3.05, 3.63) is 176 Å². The third kappa shape index (κ3) is 15.8. The number of rotatable bonds is 18. The maximum Gasteiger partial charge on any atom is 0.410 e. The van der Waals surface area contributed by atoms with Crippen molar-refractivity contribution in [1.82, 2.24) is 49.5 Å². The fourth-order valence-corrected chi connectivity index (χ4v) is 13.6. The Morgan fingerprint density at radius 2 is 0.920 bits per heavy atom. The number of hydrogen-bond donors (Lipinski definition) is 2. The third-order valence-corrected chi connectivity index (χ3v) is 18.6. The van der Waals surface area contributed by atoms with Crippen molar-refractivity contribution in [1.29, 1.82) is 0 Å². The summed E-state index contributed by atoms with van der Waals surface area (Å²) in [7, 11) is 6.82. The molecule has 516 valence electrons. The number of carbonyl (C=O) groups is 6. The van der Waals surface area contributed by atoms with Crippen LogP contribution in [0.5, 0.6) is 11.5 Å². The molecule has 2 atom stereocenters. The van der Waals surface area contributed by atoms with Crippen LogP contribution in [0.2, 0.25) is 20.1 Å². The van der Waals surface area contributed by atoms with Crippen LogP contribution in [0.1, 0.15) is 99.1 Å². The van der Waals surface area contributed by atoms with Crippen molar-refractivity contribution in [3.8, 4) is 78.8 Å². The Labute approximate surface area is 598 Å². The Balaban J connectivity index is 0.000000202. The van der Waals surface area contributed by atoms with Gasteiger partial charge in [0, 0.05) is 154 Å². The molecule has 0 spiro atoms. The number of nitrogens with one attached hydrogen (secondary N) is 2. The van der Waals surface area contributed by atoms with E-state index in [1.807, 2.05) is 174 Å². The van der Waals surface area contributed by atoms with E-state index in [0.29, 0.717) is 160 Å². The SMILES string of the molecule is COc1cc(-c2nccc(-c3cccc(-c4ccc5c(C=O)cn(C)c5n4)c3Cl)c2Cl)ccc1CN(C[C@@H]1CCC(=O)N1)C(=O)OC(C)(C)C.COc1cc(-c2nccc(-c3cccc(-c4ccc5c(C=O)cn(C)c5n4)c3Cl)c2Cl)ccc1CN(C[C@@H]1CCC(=O)N1)C(=O)OC(C)(C)C. The fourth-order valence-electron chi connectivity index (χ4n) is 12.3. The van der Waals surface area contributed by atoms with Crippen LogP contribution in [0.15, 0.2) is 134 Å². The van der Waals surface area contributed by atoms with Crippen LogP contribution in [0.3, 0.4) is 0 Å². The predicted octanol–water partition coefficient (Wildman–Crippen LogP) is 16.2. The lowest BCUT2D eigenvalue weighted by atomic mass is 9.99. The second-order valence-corrected chi connectivity index (χ2v) is 28.0. The summed E-state index contributed by atoms with van der Waals surface area (Å²) in [5, 5.41) is 9.13. The number of aromatic nitrogens is 6. The minimum Gasteiger partial charge on any atom is -0.496 e. The number of aryl methyl sites for hydroxylation is 2. The maximum atomic E-state index is 13.3. The Bertz CT molecular complexity index is 4550. The number of carbonyl (C=O) groups excluding carboxylic acids is 6. The highest BCUT2D eigenvalue weighted by Gasteiger charge is 2.32. The molecule has 100 heavy (non-hydrogen) atoms. The molecule has 2 N–H and O–H groups in total. The number of hydrogen-bond acceptors (Lipinski definition) is 14. The van der Waals surface area contributed by atoms with Gasteiger partial charge in [-0.05, 0) is 103 Å². The molecule has 2 aliphatic rings. The topological polar surface area (TPSA) is 231 Å². The summed E-state index contributed by atoms with van der Waals surface area (Å²) >= 11 is 28.3. The molecule has 6 aromatic heterocycles. The van der Waals surface area contributed by atoms with Gasteiger partial charge < -0.3 is 48.5 Å². The second-order valence-electron chi connectivity index (χ2n) is 26.5. The fraction of sp³-hybridized carbons (Fsp3) is 0.289. The Kier molecular flexibility index (Phi) is 21.4. The number of methoxy groups -OCH3 is 2. The highest BCUT2D eigenvalue weighted by Crippen LogP contribution is 2.45. The van der Waals surface area contributed by atoms with Gasteiger partial charge in [-0.25, -0.2) is 19.6 Å². The smallest absolute Gasteiger partial charge is 0.410 e. The summed E-state index contributed by atoms with van der Waals surface area (Å²) < 4.78 is 26.6. The molecule has 20 nitrogen and oxygen atoms in total. The molecule has 0 unspecified atom stereocenters. The van der Waals surface area contributed by atoms with Gasteiger partial charge in [0.05, 0.1) is 70.2 Å². The quantitative estimate of drug-likeness (QED) is 0.0761. The zero-order valence-corrected chi connectivity index (χ0v) is 59.9. The lowest BCUT2D eigenvalue weighted by Gasteiger charge is -2.29. The minimum atomic E-state index is -0.689. The van der Waals surface area contributed by atoms with Crippen molar-refractivity contribution >= 4 is 105 Å². The highest BCUT2D eigenvalue weighted by molar-refractivity contribution is 6.40. The standard InChI is InChI=1S/2C38H37Cl2N5O5/c2*1-38(2,3)50-37(48)45(20-25-11-14-32(47)42-25)19-23-10-9-22(17-31(23)49-5)35-34(40)28(15-16-41-35)27-7-6-8-29(33(27)39)30-13-12-26-24(21-46)18-44(4)36(26)43-30/h2*6-10,12-13,15-18,21,25H,11,14,19-20H2,1-5H3,(H,42,47)/t2*25-/m00/s1. The Morgan fingerprint density at radius 1 is 0.540 bits per heavy atom. The molecule has 0 bridgehead atoms. The molecule has 2 fully saturated rings. The normalized spacial score (nSPS) is 14.5. The van der Waals surface area contributed by atoms with E-state index < -0.39 is 23.4 Å². The van der Waals surface area contributed by atoms with Gasteiger partial charge in [0.1, 0.15) is 34.0 Å². The van der Waals surface area contributed by atoms with Gasteiger partial charge >= 0.3 is 12.2 Å². The molecule has 0 saturated carbocycles. The number of pyridine rings is 4. The third-order valence-electron chi connectivity index (χ3n) is 17.1. The lowest BCUT2D eigenvalue weighted by Crippen LogP contribution is -2.43. The summed E-state index contributed by atoms with van der Waals surface area (Å²) in [6.45, 7) is 11.9. The first-order valence-corrected chi connectivity index (χ1v) is 33.8. The number of aldehydes is 2. The van der Waals surface area contributed by atoms with Gasteiger partial charge in [0.2, 0.25) is 11.8 Å². The maximum absolute atomic E-state index is 13.3. The molecule has 24 heteroatoms. The first kappa shape index (κ1) is 71.4. The summed E-state index contributed by atoms with van der Waals surface area (Å²) in [6.07, 6.45) is 9.67. The van der Waals surface area contributed by atoms with Crippen molar-refractivity contribution in [2.45, 2.75) is 104 Å². The van der Waals surface area contributed by atoms with Crippen LogP contribution < -0.4 is 20.1 Å². The van der Waals surface area contributed by atoms with E-state index in [9.17, 15) is 28.8 Å². The van der Waals surface area contributed by atoms with Gasteiger partial charge in [-0.1, -0.05) is 107 Å². The number of amides is 4. The molecule has 8 heterocycles. The Morgan fingerprint density at radius 3 is 1.27 bits per heavy atom. The van der Waals surface area contributed by atoms with E-state index in [1.165, 1.54) is 0 Å². The summed E-state index contributed by atoms with van der Waals surface area (Å²) in [6, 6.07) is 33.3. The van der Waals surface area contributed by atoms with Gasteiger partial charge in [-0.3, -0.25) is 29.1 Å². The lowest BCUT2D eigenvalue weighted by molar-refractivity contribution is -0.120. The number of halogens is 4.